The molecule has 0 amide bonds. The maximum Gasteiger partial charge on any atom is 0.271 e. The lowest BCUT2D eigenvalue weighted by molar-refractivity contribution is 0.603. The van der Waals surface area contributed by atoms with Gasteiger partial charge in [-0.3, -0.25) is 4.72 Å². The van der Waals surface area contributed by atoms with Gasteiger partial charge in [-0.2, -0.15) is 0 Å². The predicted molar refractivity (Wildman–Crippen MR) is 77.5 cm³/mol. The third-order valence-corrected chi connectivity index (χ3v) is 5.01. The number of rotatable bonds is 3. The highest BCUT2D eigenvalue weighted by Gasteiger charge is 2.14. The number of nitrogens with two attached hydrogens (primary N) is 1. The molecule has 0 saturated carbocycles. The van der Waals surface area contributed by atoms with Gasteiger partial charge in [0.15, 0.2) is 0 Å². The fourth-order valence-corrected chi connectivity index (χ4v) is 3.45. The second-order valence-electron chi connectivity index (χ2n) is 3.62. The number of sulfonamides is 1. The molecule has 1 aromatic carbocycles. The van der Waals surface area contributed by atoms with E-state index in [2.05, 4.69) is 16.6 Å². The molecule has 0 aliphatic rings. The van der Waals surface area contributed by atoms with Crippen LogP contribution in [0.1, 0.15) is 5.56 Å². The quantitative estimate of drug-likeness (QED) is 0.848. The van der Waals surface area contributed by atoms with E-state index in [-0.39, 0.29) is 0 Å². The van der Waals surface area contributed by atoms with Gasteiger partial charge < -0.3 is 5.73 Å². The molecule has 0 aliphatic carbocycles. The molecule has 3 N–H and O–H groups in total. The fraction of sp³-hybridized carbons (Fsp3) is 0.0769. The molecule has 0 bridgehead atoms. The van der Waals surface area contributed by atoms with Crippen molar-refractivity contribution in [2.75, 3.05) is 11.3 Å². The van der Waals surface area contributed by atoms with Crippen LogP contribution in [0.5, 0.6) is 0 Å². The Balaban J connectivity index is 2.16. The molecule has 0 unspecified atom stereocenters. The Morgan fingerprint density at radius 2 is 1.95 bits per heavy atom. The van der Waals surface area contributed by atoms with Gasteiger partial charge in [-0.1, -0.05) is 17.9 Å². The minimum atomic E-state index is -3.49. The monoisotopic (exact) mass is 292 g/mol. The molecule has 0 fully saturated rings. The smallest absolute Gasteiger partial charge is 0.271 e. The van der Waals surface area contributed by atoms with E-state index in [1.165, 1.54) is 11.3 Å². The average molecular weight is 292 g/mol. The van der Waals surface area contributed by atoms with Crippen LogP contribution in [0.4, 0.5) is 5.69 Å². The van der Waals surface area contributed by atoms with Crippen molar-refractivity contribution >= 4 is 27.0 Å². The van der Waals surface area contributed by atoms with Gasteiger partial charge in [-0.15, -0.1) is 11.3 Å². The summed E-state index contributed by atoms with van der Waals surface area (Å²) in [6, 6.07) is 10.1. The van der Waals surface area contributed by atoms with Crippen LogP contribution in [-0.2, 0) is 10.0 Å². The van der Waals surface area contributed by atoms with E-state index in [0.29, 0.717) is 16.4 Å². The second-order valence-corrected chi connectivity index (χ2v) is 6.48. The highest BCUT2D eigenvalue weighted by Crippen LogP contribution is 2.20. The van der Waals surface area contributed by atoms with E-state index in [1.54, 1.807) is 41.8 Å². The fourth-order valence-electron chi connectivity index (χ4n) is 1.40. The van der Waals surface area contributed by atoms with Crippen molar-refractivity contribution in [2.45, 2.75) is 4.21 Å². The third kappa shape index (κ3) is 3.58. The topological polar surface area (TPSA) is 72.2 Å². The van der Waals surface area contributed by atoms with E-state index in [9.17, 15) is 8.42 Å². The molecule has 0 spiro atoms. The van der Waals surface area contributed by atoms with E-state index < -0.39 is 10.0 Å². The van der Waals surface area contributed by atoms with Gasteiger partial charge >= 0.3 is 0 Å². The third-order valence-electron chi connectivity index (χ3n) is 2.23. The number of thiophene rings is 1. The molecule has 98 valence electrons. The minimum Gasteiger partial charge on any atom is -0.320 e. The van der Waals surface area contributed by atoms with Crippen molar-refractivity contribution < 1.29 is 8.42 Å². The summed E-state index contributed by atoms with van der Waals surface area (Å²) >= 11 is 1.18. The maximum absolute atomic E-state index is 12.0. The molecule has 2 rings (SSSR count). The summed E-state index contributed by atoms with van der Waals surface area (Å²) in [5, 5.41) is 1.72. The summed E-state index contributed by atoms with van der Waals surface area (Å²) in [6.07, 6.45) is 0. The Labute approximate surface area is 116 Å². The molecule has 0 aliphatic heterocycles. The lowest BCUT2D eigenvalue weighted by Gasteiger charge is -2.05. The van der Waals surface area contributed by atoms with Gasteiger partial charge in [0.25, 0.3) is 10.0 Å². The van der Waals surface area contributed by atoms with Crippen LogP contribution in [0.25, 0.3) is 0 Å². The molecular weight excluding hydrogens is 280 g/mol. The average Bonchev–Trinajstić information content (AvgIpc) is 2.92. The normalized spacial score (nSPS) is 10.6. The zero-order chi connectivity index (χ0) is 13.7. The number of benzene rings is 1. The first-order valence-electron chi connectivity index (χ1n) is 5.47. The van der Waals surface area contributed by atoms with Crippen molar-refractivity contribution in [2.24, 2.45) is 5.73 Å². The van der Waals surface area contributed by atoms with Crippen molar-refractivity contribution in [3.8, 4) is 11.8 Å². The van der Waals surface area contributed by atoms with Crippen LogP contribution in [0.3, 0.4) is 0 Å². The van der Waals surface area contributed by atoms with Crippen molar-refractivity contribution in [3.63, 3.8) is 0 Å². The summed E-state index contributed by atoms with van der Waals surface area (Å²) in [5.74, 6) is 5.61. The first-order valence-corrected chi connectivity index (χ1v) is 7.83. The largest absolute Gasteiger partial charge is 0.320 e. The first-order chi connectivity index (χ1) is 9.12. The van der Waals surface area contributed by atoms with Crippen LogP contribution in [-0.4, -0.2) is 15.0 Å². The van der Waals surface area contributed by atoms with E-state index in [1.807, 2.05) is 0 Å². The van der Waals surface area contributed by atoms with Crippen LogP contribution < -0.4 is 10.5 Å². The maximum atomic E-state index is 12.0. The Bertz CT molecular complexity index is 693. The standard InChI is InChI=1S/C13H12N2O2S2/c14-9-1-3-11-5-7-12(8-6-11)15-19(16,17)13-4-2-10-18-13/h2,4-8,10,15H,9,14H2. The molecule has 1 heterocycles. The second kappa shape index (κ2) is 5.89. The molecule has 0 atom stereocenters. The van der Waals surface area contributed by atoms with E-state index >= 15 is 0 Å². The Kier molecular flexibility index (Phi) is 4.22. The molecule has 19 heavy (non-hydrogen) atoms. The molecule has 1 aromatic heterocycles. The number of hydrogen-bond donors (Lipinski definition) is 2. The van der Waals surface area contributed by atoms with Gasteiger partial charge in [0, 0.05) is 11.3 Å². The summed E-state index contributed by atoms with van der Waals surface area (Å²) in [6.45, 7) is 0.298. The lowest BCUT2D eigenvalue weighted by Crippen LogP contribution is -2.11. The van der Waals surface area contributed by atoms with Crippen LogP contribution in [0, 0.1) is 11.8 Å². The minimum absolute atomic E-state index is 0.291. The van der Waals surface area contributed by atoms with Crippen LogP contribution in [0.15, 0.2) is 46.0 Å². The van der Waals surface area contributed by atoms with Crippen LogP contribution in [0.2, 0.25) is 0 Å². The first kappa shape index (κ1) is 13.6. The molecule has 4 nitrogen and oxygen atoms in total. The molecular formula is C13H12N2O2S2. The van der Waals surface area contributed by atoms with Gasteiger partial charge in [0.1, 0.15) is 4.21 Å². The number of anilines is 1. The summed E-state index contributed by atoms with van der Waals surface area (Å²) in [7, 11) is -3.49. The molecule has 2 aromatic rings. The van der Waals surface area contributed by atoms with Crippen molar-refractivity contribution in [3.05, 3.63) is 47.3 Å². The highest BCUT2D eigenvalue weighted by molar-refractivity contribution is 7.94. The van der Waals surface area contributed by atoms with E-state index in [4.69, 9.17) is 5.73 Å². The summed E-state index contributed by atoms with van der Waals surface area (Å²) in [4.78, 5) is 0. The van der Waals surface area contributed by atoms with Crippen LogP contribution >= 0.6 is 11.3 Å². The summed E-state index contributed by atoms with van der Waals surface area (Å²) < 4.78 is 26.8. The van der Waals surface area contributed by atoms with E-state index in [0.717, 1.165) is 5.56 Å². The van der Waals surface area contributed by atoms with Crippen molar-refractivity contribution in [1.82, 2.24) is 0 Å². The zero-order valence-corrected chi connectivity index (χ0v) is 11.6. The SMILES string of the molecule is NCC#Cc1ccc(NS(=O)(=O)c2cccs2)cc1. The molecule has 0 radical (unpaired) electrons. The predicted octanol–water partition coefficient (Wildman–Crippen LogP) is 1.86. The van der Waals surface area contributed by atoms with Crippen molar-refractivity contribution in [1.29, 1.82) is 0 Å². The number of nitrogens with one attached hydrogen (secondary N) is 1. The summed E-state index contributed by atoms with van der Waals surface area (Å²) in [5.41, 5.74) is 6.58. The van der Waals surface area contributed by atoms with Gasteiger partial charge in [0.2, 0.25) is 0 Å². The molecule has 6 heteroatoms. The van der Waals surface area contributed by atoms with Gasteiger partial charge in [-0.05, 0) is 35.7 Å². The Hall–Kier alpha value is -1.81. The van der Waals surface area contributed by atoms with Gasteiger partial charge in [-0.25, -0.2) is 8.42 Å². The lowest BCUT2D eigenvalue weighted by atomic mass is 10.2. The molecule has 0 saturated heterocycles. The Morgan fingerprint density at radius 3 is 2.53 bits per heavy atom. The zero-order valence-electron chi connectivity index (χ0n) is 9.96. The van der Waals surface area contributed by atoms with Gasteiger partial charge in [0.05, 0.1) is 6.54 Å². The number of hydrogen-bond acceptors (Lipinski definition) is 4. The Morgan fingerprint density at radius 1 is 1.21 bits per heavy atom. The highest BCUT2D eigenvalue weighted by atomic mass is 32.2.